The van der Waals surface area contributed by atoms with E-state index in [9.17, 15) is 10.2 Å². The summed E-state index contributed by atoms with van der Waals surface area (Å²) < 4.78 is 22.8. The second-order valence-electron chi connectivity index (χ2n) is 9.85. The predicted molar refractivity (Wildman–Crippen MR) is 137 cm³/mol. The van der Waals surface area contributed by atoms with Gasteiger partial charge in [-0.05, 0) is 51.7 Å². The van der Waals surface area contributed by atoms with E-state index in [0.717, 1.165) is 19.4 Å². The third kappa shape index (κ3) is 5.00. The summed E-state index contributed by atoms with van der Waals surface area (Å²) in [5.41, 5.74) is 1.86. The molecule has 11 heteroatoms. The Kier molecular flexibility index (Phi) is 7.30. The molecule has 0 saturated carbocycles. The summed E-state index contributed by atoms with van der Waals surface area (Å²) in [4.78, 5) is 15.7. The van der Waals surface area contributed by atoms with Crippen molar-refractivity contribution in [1.82, 2.24) is 19.5 Å². The Bertz CT molecular complexity index is 1240. The van der Waals surface area contributed by atoms with Gasteiger partial charge in [0, 0.05) is 31.3 Å². The zero-order chi connectivity index (χ0) is 25.4. The first-order valence-electron chi connectivity index (χ1n) is 12.5. The van der Waals surface area contributed by atoms with Crippen molar-refractivity contribution >= 4 is 34.5 Å². The molecule has 0 bridgehead atoms. The number of rotatable bonds is 5. The highest BCUT2D eigenvalue weighted by molar-refractivity contribution is 6.33. The molecule has 2 aromatic heterocycles. The van der Waals surface area contributed by atoms with Gasteiger partial charge in [0.25, 0.3) is 0 Å². The summed E-state index contributed by atoms with van der Waals surface area (Å²) in [5.74, 6) is 0.555. The van der Waals surface area contributed by atoms with Gasteiger partial charge in [-0.3, -0.25) is 0 Å². The van der Waals surface area contributed by atoms with Gasteiger partial charge in [0.2, 0.25) is 11.9 Å². The van der Waals surface area contributed by atoms with Crippen LogP contribution in [-0.4, -0.2) is 74.3 Å². The molecular formula is C25H32ClFN6O3. The first-order valence-corrected chi connectivity index (χ1v) is 12.9. The number of hydrogen-bond donors (Lipinski definition) is 3. The SMILES string of the molecule is CC(C)n1c(N2CCC[C@@H](O)CC2)nc2c(F)cc(-c3nc(N[C@@H]4CCOC[C@H]4O)ncc3Cl)cc21. The van der Waals surface area contributed by atoms with Gasteiger partial charge in [-0.15, -0.1) is 0 Å². The molecule has 9 nitrogen and oxygen atoms in total. The lowest BCUT2D eigenvalue weighted by molar-refractivity contribution is -0.0136. The normalized spacial score (nSPS) is 23.3. The highest BCUT2D eigenvalue weighted by atomic mass is 35.5. The fourth-order valence-electron chi connectivity index (χ4n) is 4.98. The summed E-state index contributed by atoms with van der Waals surface area (Å²) in [6, 6.07) is 3.05. The lowest BCUT2D eigenvalue weighted by Crippen LogP contribution is -2.42. The number of anilines is 2. The van der Waals surface area contributed by atoms with Gasteiger partial charge in [0.1, 0.15) is 5.52 Å². The van der Waals surface area contributed by atoms with Gasteiger partial charge in [0.15, 0.2) is 5.82 Å². The Labute approximate surface area is 214 Å². The molecular weight excluding hydrogens is 487 g/mol. The topological polar surface area (TPSA) is 109 Å². The average molecular weight is 519 g/mol. The number of aliphatic hydroxyl groups is 2. The van der Waals surface area contributed by atoms with Crippen LogP contribution in [0, 0.1) is 5.82 Å². The van der Waals surface area contributed by atoms with E-state index in [0.29, 0.717) is 65.2 Å². The molecule has 194 valence electrons. The number of aliphatic hydroxyl groups excluding tert-OH is 2. The Morgan fingerprint density at radius 1 is 1.17 bits per heavy atom. The number of imidazole rings is 1. The lowest BCUT2D eigenvalue weighted by atomic mass is 10.1. The zero-order valence-electron chi connectivity index (χ0n) is 20.5. The molecule has 5 rings (SSSR count). The first-order chi connectivity index (χ1) is 17.3. The third-order valence-electron chi connectivity index (χ3n) is 6.89. The second kappa shape index (κ2) is 10.5. The number of nitrogens with zero attached hydrogens (tertiary/aromatic N) is 5. The van der Waals surface area contributed by atoms with Crippen LogP contribution in [0.15, 0.2) is 18.3 Å². The number of fused-ring (bicyclic) bond motifs is 1. The monoisotopic (exact) mass is 518 g/mol. The number of nitrogens with one attached hydrogen (secondary N) is 1. The van der Waals surface area contributed by atoms with E-state index in [1.165, 1.54) is 12.3 Å². The molecule has 2 saturated heterocycles. The fourth-order valence-corrected chi connectivity index (χ4v) is 5.18. The molecule has 4 heterocycles. The van der Waals surface area contributed by atoms with Gasteiger partial charge >= 0.3 is 0 Å². The fraction of sp³-hybridized carbons (Fsp3) is 0.560. The smallest absolute Gasteiger partial charge is 0.223 e. The number of benzene rings is 1. The quantitative estimate of drug-likeness (QED) is 0.468. The highest BCUT2D eigenvalue weighted by Crippen LogP contribution is 2.35. The number of ether oxygens (including phenoxy) is 1. The molecule has 3 aromatic rings. The zero-order valence-corrected chi connectivity index (χ0v) is 21.2. The van der Waals surface area contributed by atoms with Gasteiger partial charge in [0.05, 0.1) is 47.3 Å². The minimum absolute atomic E-state index is 0.0286. The van der Waals surface area contributed by atoms with Crippen molar-refractivity contribution in [3.05, 3.63) is 29.2 Å². The van der Waals surface area contributed by atoms with Crippen LogP contribution in [0.1, 0.15) is 45.6 Å². The second-order valence-corrected chi connectivity index (χ2v) is 10.3. The average Bonchev–Trinajstić information content (AvgIpc) is 3.11. The van der Waals surface area contributed by atoms with E-state index in [2.05, 4.69) is 20.2 Å². The summed E-state index contributed by atoms with van der Waals surface area (Å²) in [5, 5.41) is 23.7. The first kappa shape index (κ1) is 25.1. The van der Waals surface area contributed by atoms with Crippen LogP contribution in [0.2, 0.25) is 5.02 Å². The molecule has 0 unspecified atom stereocenters. The molecule has 1 aromatic carbocycles. The Hall–Kier alpha value is -2.53. The van der Waals surface area contributed by atoms with Crippen LogP contribution in [0.3, 0.4) is 0 Å². The van der Waals surface area contributed by atoms with E-state index < -0.39 is 11.9 Å². The van der Waals surface area contributed by atoms with Crippen molar-refractivity contribution in [2.24, 2.45) is 0 Å². The van der Waals surface area contributed by atoms with Gasteiger partial charge < -0.3 is 29.7 Å². The Morgan fingerprint density at radius 2 is 2.00 bits per heavy atom. The predicted octanol–water partition coefficient (Wildman–Crippen LogP) is 3.78. The van der Waals surface area contributed by atoms with Crippen molar-refractivity contribution in [1.29, 1.82) is 0 Å². The van der Waals surface area contributed by atoms with Crippen LogP contribution in [0.5, 0.6) is 0 Å². The maximum atomic E-state index is 15.5. The van der Waals surface area contributed by atoms with E-state index in [4.69, 9.17) is 21.3 Å². The summed E-state index contributed by atoms with van der Waals surface area (Å²) in [7, 11) is 0. The number of halogens is 2. The number of aromatic nitrogens is 4. The molecule has 36 heavy (non-hydrogen) atoms. The molecule has 3 atom stereocenters. The van der Waals surface area contributed by atoms with Crippen molar-refractivity contribution in [2.75, 3.05) is 36.5 Å². The molecule has 3 N–H and O–H groups in total. The minimum atomic E-state index is -0.672. The van der Waals surface area contributed by atoms with Crippen molar-refractivity contribution in [2.45, 2.75) is 63.8 Å². The van der Waals surface area contributed by atoms with Gasteiger partial charge in [-0.25, -0.2) is 19.3 Å². The van der Waals surface area contributed by atoms with Crippen molar-refractivity contribution in [3.8, 4) is 11.3 Å². The van der Waals surface area contributed by atoms with Crippen molar-refractivity contribution < 1.29 is 19.3 Å². The van der Waals surface area contributed by atoms with Crippen LogP contribution in [0.4, 0.5) is 16.3 Å². The van der Waals surface area contributed by atoms with E-state index in [1.807, 2.05) is 24.5 Å². The standard InChI is InChI=1S/C25H32ClFN6O3/c1-14(2)33-20-11-15(10-18(27)23(20)31-25(33)32-7-3-4-16(34)5-8-32)22-17(26)12-28-24(30-22)29-19-6-9-36-13-21(19)35/h10-12,14,16,19,21,34-35H,3-9,13H2,1-2H3,(H,28,29,30)/t16-,19-,21-/m1/s1. The van der Waals surface area contributed by atoms with Crippen LogP contribution < -0.4 is 10.2 Å². The summed E-state index contributed by atoms with van der Waals surface area (Å²) in [6.07, 6.45) is 3.37. The maximum Gasteiger partial charge on any atom is 0.223 e. The molecule has 0 radical (unpaired) electrons. The van der Waals surface area contributed by atoms with Crippen molar-refractivity contribution in [3.63, 3.8) is 0 Å². The minimum Gasteiger partial charge on any atom is -0.393 e. The highest BCUT2D eigenvalue weighted by Gasteiger charge is 2.26. The van der Waals surface area contributed by atoms with Crippen LogP contribution in [-0.2, 0) is 4.74 Å². The van der Waals surface area contributed by atoms with Crippen LogP contribution in [0.25, 0.3) is 22.3 Å². The van der Waals surface area contributed by atoms with E-state index in [1.54, 1.807) is 0 Å². The Morgan fingerprint density at radius 3 is 2.78 bits per heavy atom. The summed E-state index contributed by atoms with van der Waals surface area (Å²) in [6.45, 7) is 6.29. The largest absolute Gasteiger partial charge is 0.393 e. The lowest BCUT2D eigenvalue weighted by Gasteiger charge is -2.28. The van der Waals surface area contributed by atoms with E-state index >= 15 is 4.39 Å². The molecule has 0 amide bonds. The van der Waals surface area contributed by atoms with Crippen LogP contribution >= 0.6 is 11.6 Å². The maximum absolute atomic E-state index is 15.5. The molecule has 2 aliphatic heterocycles. The molecule has 0 aliphatic carbocycles. The van der Waals surface area contributed by atoms with Gasteiger partial charge in [-0.1, -0.05) is 11.6 Å². The molecule has 0 spiro atoms. The third-order valence-corrected chi connectivity index (χ3v) is 7.16. The number of hydrogen-bond acceptors (Lipinski definition) is 8. The molecule has 2 fully saturated rings. The summed E-state index contributed by atoms with van der Waals surface area (Å²) >= 11 is 6.47. The van der Waals surface area contributed by atoms with E-state index in [-0.39, 0.29) is 24.8 Å². The molecule has 2 aliphatic rings. The van der Waals surface area contributed by atoms with Gasteiger partial charge in [-0.2, -0.15) is 0 Å². The Balaban J connectivity index is 1.54.